The van der Waals surface area contributed by atoms with Crippen molar-refractivity contribution in [3.63, 3.8) is 0 Å². The molecule has 11 rings (SSSR count). The first-order valence-corrected chi connectivity index (χ1v) is 36.7. The van der Waals surface area contributed by atoms with E-state index in [2.05, 4.69) is 63.1 Å². The van der Waals surface area contributed by atoms with Crippen molar-refractivity contribution in [3.8, 4) is 0 Å². The summed E-state index contributed by atoms with van der Waals surface area (Å²) in [6, 6.07) is 18.2. The van der Waals surface area contributed by atoms with Gasteiger partial charge < -0.3 is 110 Å². The normalized spacial score (nSPS) is 11.2. The van der Waals surface area contributed by atoms with Crippen molar-refractivity contribution in [2.45, 2.75) is 26.0 Å². The third-order valence-electron chi connectivity index (χ3n) is 16.0. The molecule has 0 atom stereocenters. The summed E-state index contributed by atoms with van der Waals surface area (Å²) in [5, 5.41) is 32.1. The number of carbonyl (C=O) groups excluding carboxylic acids is 9. The molecular formula is C65H59N19Na4O21S4. The second-order valence-corrected chi connectivity index (χ2v) is 29.2. The molecule has 0 radical (unpaired) electrons. The number of nitrogens with zero attached hydrogens (tertiary/aromatic N) is 5. The maximum absolute atomic E-state index is 13.4. The molecule has 48 heteroatoms. The Balaban J connectivity index is 0.000000430. The molecule has 4 aromatic carbocycles. The molecule has 0 fully saturated rings. The number of aromatic amines is 2. The fraction of sp³-hybridized carbons (Fsp3) is 0.108. The van der Waals surface area contributed by atoms with Crippen LogP contribution in [0, 0.1) is 5.41 Å². The fourth-order valence-electron chi connectivity index (χ4n) is 11.0. The van der Waals surface area contributed by atoms with E-state index in [0.29, 0.717) is 47.0 Å². The van der Waals surface area contributed by atoms with Crippen molar-refractivity contribution in [3.05, 3.63) is 186 Å². The van der Waals surface area contributed by atoms with Gasteiger partial charge in [-0.2, -0.15) is 0 Å². The Bertz CT molecular complexity index is 5860. The van der Waals surface area contributed by atoms with Crippen LogP contribution in [0.15, 0.2) is 166 Å². The minimum Gasteiger partial charge on any atom is -0.744 e. The number of fused-ring (bicyclic) bond motifs is 2. The monoisotopic (exact) mass is 1660 g/mol. The first-order chi connectivity index (χ1) is 51.1. The summed E-state index contributed by atoms with van der Waals surface area (Å²) in [7, 11) is -12.4. The molecule has 0 unspecified atom stereocenters. The Morgan fingerprint density at radius 2 is 0.717 bits per heavy atom. The van der Waals surface area contributed by atoms with Crippen molar-refractivity contribution in [2.24, 2.45) is 41.0 Å². The molecule has 0 saturated carbocycles. The van der Waals surface area contributed by atoms with Gasteiger partial charge in [-0.15, -0.1) is 0 Å². The summed E-state index contributed by atoms with van der Waals surface area (Å²) in [5.74, 6) is -4.18. The number of rotatable bonds is 24. The van der Waals surface area contributed by atoms with E-state index in [1.165, 1.54) is 90.5 Å². The topological polar surface area (TPSA) is 609 Å². The molecule has 7 aromatic heterocycles. The van der Waals surface area contributed by atoms with Gasteiger partial charge in [-0.05, 0) is 91.0 Å². The van der Waals surface area contributed by atoms with Crippen LogP contribution in [0.1, 0.15) is 79.8 Å². The van der Waals surface area contributed by atoms with Crippen LogP contribution in [0.3, 0.4) is 0 Å². The van der Waals surface area contributed by atoms with Gasteiger partial charge in [0.15, 0.2) is 0 Å². The average Bonchev–Trinajstić information content (AvgIpc) is 1.43. The summed E-state index contributed by atoms with van der Waals surface area (Å²) in [6.07, 6.45) is 10.9. The van der Waals surface area contributed by atoms with Crippen molar-refractivity contribution in [1.82, 2.24) is 38.1 Å². The molecule has 0 aliphatic rings. The third-order valence-corrected chi connectivity index (χ3v) is 19.5. The van der Waals surface area contributed by atoms with Gasteiger partial charge in [0.2, 0.25) is 6.41 Å². The zero-order chi connectivity index (χ0) is 79.5. The summed E-state index contributed by atoms with van der Waals surface area (Å²) >= 11 is 0. The maximum atomic E-state index is 13.4. The number of nitrogens with two attached hydrogens (primary N) is 1. The number of aryl methyl sites for hydroxylation is 5. The van der Waals surface area contributed by atoms with Crippen LogP contribution in [0.2, 0.25) is 0 Å². The van der Waals surface area contributed by atoms with Gasteiger partial charge in [-0.1, -0.05) is 12.1 Å². The third kappa shape index (κ3) is 22.7. The van der Waals surface area contributed by atoms with E-state index >= 15 is 0 Å². The van der Waals surface area contributed by atoms with Crippen LogP contribution in [0.4, 0.5) is 56.0 Å². The Morgan fingerprint density at radius 1 is 0.398 bits per heavy atom. The van der Waals surface area contributed by atoms with Crippen LogP contribution in [0.25, 0.3) is 21.5 Å². The molecule has 11 aromatic rings. The van der Waals surface area contributed by atoms with Crippen LogP contribution in [0.5, 0.6) is 0 Å². The van der Waals surface area contributed by atoms with Crippen LogP contribution >= 0.6 is 0 Å². The minimum absolute atomic E-state index is 0. The predicted octanol–water partition coefficient (Wildman–Crippen LogP) is -7.56. The number of nitrogens with one attached hydrogen (secondary N) is 13. The molecule has 40 nitrogen and oxygen atoms in total. The number of carbonyl (C=O) groups is 9. The number of hydrogen-bond donors (Lipinski definition) is 14. The van der Waals surface area contributed by atoms with E-state index in [1.807, 2.05) is 0 Å². The second kappa shape index (κ2) is 37.6. The summed E-state index contributed by atoms with van der Waals surface area (Å²) in [5.41, 5.74) is 7.85. The Hall–Kier alpha value is -9.50. The van der Waals surface area contributed by atoms with Gasteiger partial charge in [0.05, 0.1) is 65.2 Å². The minimum atomic E-state index is -5.15. The van der Waals surface area contributed by atoms with Crippen molar-refractivity contribution < 1.29 is 213 Å². The Kier molecular flexibility index (Phi) is 30.8. The summed E-state index contributed by atoms with van der Waals surface area (Å²) < 4.78 is 148. The molecule has 15 N–H and O–H groups in total. The van der Waals surface area contributed by atoms with Gasteiger partial charge in [0.25, 0.3) is 41.4 Å². The van der Waals surface area contributed by atoms with E-state index in [9.17, 15) is 95.0 Å². The van der Waals surface area contributed by atoms with E-state index in [0.717, 1.165) is 48.5 Å². The fourth-order valence-corrected chi connectivity index (χ4v) is 13.3. The molecule has 568 valence electrons. The smallest absolute Gasteiger partial charge is 0.744 e. The number of anilines is 9. The number of amidine groups is 1. The summed E-state index contributed by atoms with van der Waals surface area (Å²) in [4.78, 5) is 116. The molecule has 113 heavy (non-hydrogen) atoms. The van der Waals surface area contributed by atoms with Crippen LogP contribution < -0.4 is 177 Å². The van der Waals surface area contributed by atoms with Crippen molar-refractivity contribution in [1.29, 1.82) is 5.41 Å². The van der Waals surface area contributed by atoms with E-state index in [4.69, 9.17) is 11.1 Å². The standard InChI is InChI=1S/C43H36N10O17S4.C22H27N9O4.4Na/c1-52-19-23(13-35(52)41(56)50-31-7-9-37(73(65,66)67)29-15-25(71(59,60)61)3-5-27(29)31)46-39(54)33-11-21(17-44-33)48-43(58)49-22-12-34(45-18-22)40(55)47-24-14-36(53(2)20-24)42(57)51-32-8-10-38(74(68,69)70)30-16-26(72(62,63)64)4-6-28(30)32;1-29-9-13(26-12-32)6-17(29)21(34)28-15-8-18(31(3)11-15)22(35)27-14-7-16(30(2)10-14)20(33)25-5-4-19(23)24;;;;/h3-20,44-45H,1-2H3,(H,46,54)(H,47,55)(H,50,56)(H,51,57)(H2,48,49,58)(H,59,60,61)(H,62,63,64)(H,65,66,67)(H,68,69,70);6-12H,4-5H2,1-3H3,(H3,23,24)(H,25,33)(H,26,32)(H,27,35)(H,28,34);;;;/q;;4*+1/p-4. The maximum Gasteiger partial charge on any atom is 1.00 e. The molecule has 7 heterocycles. The number of amides is 10. The van der Waals surface area contributed by atoms with E-state index in [1.54, 1.807) is 53.4 Å². The van der Waals surface area contributed by atoms with E-state index in [-0.39, 0.29) is 216 Å². The zero-order valence-electron chi connectivity index (χ0n) is 60.9. The second-order valence-electron chi connectivity index (χ2n) is 23.8. The molecule has 10 amide bonds. The number of hydrogen-bond acceptors (Lipinski definition) is 22. The quantitative estimate of drug-likeness (QED) is 0.00878. The molecule has 0 spiro atoms. The number of benzene rings is 4. The number of H-pyrrole nitrogens is 2. The van der Waals surface area contributed by atoms with Crippen LogP contribution in [-0.4, -0.2) is 151 Å². The van der Waals surface area contributed by atoms with Gasteiger partial charge in [-0.3, -0.25) is 43.8 Å². The first-order valence-electron chi connectivity index (χ1n) is 31.1. The zero-order valence-corrected chi connectivity index (χ0v) is 72.1. The van der Waals surface area contributed by atoms with Gasteiger partial charge in [0, 0.05) is 125 Å². The summed E-state index contributed by atoms with van der Waals surface area (Å²) in [6.45, 7) is 0.233. The molecule has 0 saturated heterocycles. The van der Waals surface area contributed by atoms with Gasteiger partial charge in [0.1, 0.15) is 80.3 Å². The molecule has 0 bridgehead atoms. The first kappa shape index (κ1) is 92.4. The molecule has 0 aliphatic heterocycles. The largest absolute Gasteiger partial charge is 1.00 e. The van der Waals surface area contributed by atoms with E-state index < -0.39 is 112 Å². The number of urea groups is 1. The Labute approximate surface area is 729 Å². The van der Waals surface area contributed by atoms with Gasteiger partial charge >= 0.3 is 124 Å². The Morgan fingerprint density at radius 3 is 1.04 bits per heavy atom. The van der Waals surface area contributed by atoms with Gasteiger partial charge in [-0.25, -0.2) is 38.5 Å². The molecular weight excluding hydrogens is 1600 g/mol. The van der Waals surface area contributed by atoms with Crippen LogP contribution in [-0.2, 0) is 80.5 Å². The average molecular weight is 1660 g/mol. The van der Waals surface area contributed by atoms with Crippen molar-refractivity contribution in [2.75, 3.05) is 54.4 Å². The van der Waals surface area contributed by atoms with Crippen molar-refractivity contribution >= 4 is 173 Å². The predicted molar refractivity (Wildman–Crippen MR) is 387 cm³/mol. The SMILES string of the molecule is Cn1cc(NC(=O)c2cc(NC(=O)Nc3c[nH]c(C(=O)Nc4cc(C(=O)Nc5ccc(S(=O)(=O)[O-])c6cc(S(=O)(=O)[O-])ccc56)n(C)c4)c3)c[nH]2)cc1C(=O)Nc1ccc(S(=O)(=O)[O-])c2cc(S(=O)(=O)[O-])ccc12.Cn1cc(NC(=O)c2cc(NC(=O)c3cc(NC=O)cn3C)cn2C)cc1C(=O)NCCC(=N)N.[Na+].[Na+].[Na+].[Na+]. The molecule has 0 aliphatic carbocycles. The number of aromatic nitrogens is 7.